The van der Waals surface area contributed by atoms with Crippen molar-refractivity contribution in [2.75, 3.05) is 12.0 Å². The molecule has 0 saturated carbocycles. The van der Waals surface area contributed by atoms with E-state index in [1.807, 2.05) is 49.4 Å². The lowest BCUT2D eigenvalue weighted by Gasteiger charge is -2.11. The number of amides is 2. The van der Waals surface area contributed by atoms with Gasteiger partial charge in [0.25, 0.3) is 0 Å². The molecule has 0 aromatic heterocycles. The summed E-state index contributed by atoms with van der Waals surface area (Å²) >= 11 is 3.43. The number of urea groups is 1. The first-order valence-corrected chi connectivity index (χ1v) is 8.40. The topological polar surface area (TPSA) is 50.4 Å². The lowest BCUT2D eigenvalue weighted by molar-refractivity contribution is 0.234. The fourth-order valence-corrected chi connectivity index (χ4v) is 2.71. The van der Waals surface area contributed by atoms with Gasteiger partial charge >= 0.3 is 6.03 Å². The Kier molecular flexibility index (Phi) is 6.47. The normalized spacial score (nSPS) is 10.2. The van der Waals surface area contributed by atoms with Crippen LogP contribution in [0.4, 0.5) is 10.5 Å². The number of hydrogen-bond acceptors (Lipinski definition) is 2. The first kappa shape index (κ1) is 17.3. The summed E-state index contributed by atoms with van der Waals surface area (Å²) in [5.41, 5.74) is 3.13. The van der Waals surface area contributed by atoms with Crippen LogP contribution in [0.1, 0.15) is 24.5 Å². The molecule has 2 amide bonds. The van der Waals surface area contributed by atoms with Crippen LogP contribution in [-0.4, -0.2) is 12.8 Å². The number of rotatable bonds is 6. The molecule has 0 saturated heterocycles. The zero-order valence-electron chi connectivity index (χ0n) is 13.4. The highest BCUT2D eigenvalue weighted by Gasteiger charge is 2.05. The molecule has 5 heteroatoms. The Morgan fingerprint density at radius 1 is 1.17 bits per heavy atom. The van der Waals surface area contributed by atoms with E-state index in [0.717, 1.165) is 34.3 Å². The van der Waals surface area contributed by atoms with E-state index >= 15 is 0 Å². The second-order valence-corrected chi connectivity index (χ2v) is 6.15. The van der Waals surface area contributed by atoms with Crippen molar-refractivity contribution in [3.63, 3.8) is 0 Å². The molecule has 0 heterocycles. The maximum Gasteiger partial charge on any atom is 0.321 e. The third kappa shape index (κ3) is 5.60. The maximum atomic E-state index is 11.9. The van der Waals surface area contributed by atoms with Crippen molar-refractivity contribution in [2.24, 2.45) is 0 Å². The van der Waals surface area contributed by atoms with Crippen LogP contribution in [0.15, 0.2) is 46.9 Å². The highest BCUT2D eigenvalue weighted by molar-refractivity contribution is 9.10. The molecule has 4 nitrogen and oxygen atoms in total. The van der Waals surface area contributed by atoms with Gasteiger partial charge in [0.15, 0.2) is 6.73 Å². The average Bonchev–Trinajstić information content (AvgIpc) is 2.52. The number of carbonyl (C=O) groups excluding carboxylic acids is 1. The van der Waals surface area contributed by atoms with Gasteiger partial charge < -0.3 is 15.4 Å². The van der Waals surface area contributed by atoms with E-state index in [4.69, 9.17) is 4.74 Å². The van der Waals surface area contributed by atoms with Gasteiger partial charge in [-0.1, -0.05) is 31.5 Å². The van der Waals surface area contributed by atoms with E-state index in [1.54, 1.807) is 0 Å². The summed E-state index contributed by atoms with van der Waals surface area (Å²) in [7, 11) is 0. The number of anilines is 1. The van der Waals surface area contributed by atoms with Crippen LogP contribution >= 0.6 is 15.9 Å². The van der Waals surface area contributed by atoms with Crippen molar-refractivity contribution in [3.05, 3.63) is 58.1 Å². The predicted molar refractivity (Wildman–Crippen MR) is 97.0 cm³/mol. The summed E-state index contributed by atoms with van der Waals surface area (Å²) < 4.78 is 6.36. The van der Waals surface area contributed by atoms with Crippen molar-refractivity contribution in [1.82, 2.24) is 5.32 Å². The van der Waals surface area contributed by atoms with Crippen LogP contribution in [0.2, 0.25) is 0 Å². The summed E-state index contributed by atoms with van der Waals surface area (Å²) in [4.78, 5) is 11.9. The molecule has 0 aliphatic rings. The number of benzene rings is 2. The Morgan fingerprint density at radius 2 is 1.91 bits per heavy atom. The Bertz CT molecular complexity index is 657. The van der Waals surface area contributed by atoms with Crippen molar-refractivity contribution in [3.8, 4) is 5.75 Å². The first-order chi connectivity index (χ1) is 11.1. The van der Waals surface area contributed by atoms with Gasteiger partial charge in [-0.2, -0.15) is 0 Å². The fraction of sp³-hybridized carbons (Fsp3) is 0.278. The van der Waals surface area contributed by atoms with Crippen LogP contribution in [-0.2, 0) is 6.42 Å². The molecule has 0 atom stereocenters. The first-order valence-electron chi connectivity index (χ1n) is 7.61. The smallest absolute Gasteiger partial charge is 0.321 e. The van der Waals surface area contributed by atoms with E-state index < -0.39 is 0 Å². The Morgan fingerprint density at radius 3 is 2.57 bits per heavy atom. The predicted octanol–water partition coefficient (Wildman–Crippen LogP) is 4.87. The molecule has 0 fully saturated rings. The van der Waals surface area contributed by atoms with E-state index in [9.17, 15) is 4.79 Å². The summed E-state index contributed by atoms with van der Waals surface area (Å²) in [6, 6.07) is 13.4. The highest BCUT2D eigenvalue weighted by Crippen LogP contribution is 2.23. The van der Waals surface area contributed by atoms with Crippen LogP contribution in [0, 0.1) is 6.92 Å². The lowest BCUT2D eigenvalue weighted by Crippen LogP contribution is -2.32. The number of carbonyl (C=O) groups is 1. The number of aryl methyl sites for hydroxylation is 2. The maximum absolute atomic E-state index is 11.9. The summed E-state index contributed by atoms with van der Waals surface area (Å²) in [6.07, 6.45) is 2.18. The lowest BCUT2D eigenvalue weighted by atomic mass is 10.1. The minimum absolute atomic E-state index is 0.114. The van der Waals surface area contributed by atoms with Crippen LogP contribution in [0.3, 0.4) is 0 Å². The third-order valence-electron chi connectivity index (χ3n) is 3.31. The van der Waals surface area contributed by atoms with Gasteiger partial charge in [0, 0.05) is 4.47 Å². The molecule has 2 aromatic rings. The van der Waals surface area contributed by atoms with Gasteiger partial charge in [0.1, 0.15) is 5.75 Å². The molecule has 23 heavy (non-hydrogen) atoms. The van der Waals surface area contributed by atoms with Crippen molar-refractivity contribution < 1.29 is 9.53 Å². The van der Waals surface area contributed by atoms with Crippen molar-refractivity contribution in [1.29, 1.82) is 0 Å². The minimum atomic E-state index is -0.308. The summed E-state index contributed by atoms with van der Waals surface area (Å²) in [5.74, 6) is 0.738. The molecule has 0 bridgehead atoms. The summed E-state index contributed by atoms with van der Waals surface area (Å²) in [5, 5.41) is 5.44. The van der Waals surface area contributed by atoms with Crippen LogP contribution in [0.25, 0.3) is 0 Å². The van der Waals surface area contributed by atoms with Gasteiger partial charge in [-0.15, -0.1) is 0 Å². The number of halogens is 1. The molecule has 0 aliphatic heterocycles. The third-order valence-corrected chi connectivity index (χ3v) is 3.96. The second-order valence-electron chi connectivity index (χ2n) is 5.30. The van der Waals surface area contributed by atoms with Crippen molar-refractivity contribution in [2.45, 2.75) is 26.7 Å². The molecule has 0 radical (unpaired) electrons. The SMILES string of the molecule is CCCc1ccc(OCNC(=O)Nc2ccc(C)cc2Br)cc1. The molecule has 2 rings (SSSR count). The largest absolute Gasteiger partial charge is 0.473 e. The van der Waals surface area contributed by atoms with Crippen molar-refractivity contribution >= 4 is 27.6 Å². The Balaban J connectivity index is 1.78. The molecule has 122 valence electrons. The molecule has 0 spiro atoms. The number of ether oxygens (including phenoxy) is 1. The molecule has 0 aliphatic carbocycles. The standard InChI is InChI=1S/C18H21BrN2O2/c1-3-4-14-6-8-15(9-7-14)23-12-20-18(22)21-17-10-5-13(2)11-16(17)19/h5-11H,3-4,12H2,1-2H3,(H2,20,21,22). The van der Waals surface area contributed by atoms with Crippen LogP contribution in [0.5, 0.6) is 5.75 Å². The van der Waals surface area contributed by atoms with E-state index in [1.165, 1.54) is 5.56 Å². The quantitative estimate of drug-likeness (QED) is 0.706. The molecule has 2 N–H and O–H groups in total. The molecular formula is C18H21BrN2O2. The minimum Gasteiger partial charge on any atom is -0.473 e. The van der Waals surface area contributed by atoms with Gasteiger partial charge in [-0.05, 0) is 64.7 Å². The van der Waals surface area contributed by atoms with Gasteiger partial charge in [0.2, 0.25) is 0 Å². The Labute approximate surface area is 145 Å². The zero-order valence-corrected chi connectivity index (χ0v) is 14.9. The van der Waals surface area contributed by atoms with Gasteiger partial charge in [0.05, 0.1) is 5.69 Å². The monoisotopic (exact) mass is 376 g/mol. The number of nitrogens with one attached hydrogen (secondary N) is 2. The molecular weight excluding hydrogens is 356 g/mol. The molecule has 0 unspecified atom stereocenters. The van der Waals surface area contributed by atoms with Gasteiger partial charge in [-0.25, -0.2) is 4.79 Å². The zero-order chi connectivity index (χ0) is 16.7. The van der Waals surface area contributed by atoms with E-state index in [-0.39, 0.29) is 12.8 Å². The highest BCUT2D eigenvalue weighted by atomic mass is 79.9. The molecule has 2 aromatic carbocycles. The van der Waals surface area contributed by atoms with E-state index in [0.29, 0.717) is 0 Å². The van der Waals surface area contributed by atoms with Gasteiger partial charge in [-0.3, -0.25) is 0 Å². The van der Waals surface area contributed by atoms with E-state index in [2.05, 4.69) is 33.5 Å². The summed E-state index contributed by atoms with van der Waals surface area (Å²) in [6.45, 7) is 4.26. The number of hydrogen-bond donors (Lipinski definition) is 2. The van der Waals surface area contributed by atoms with Crippen LogP contribution < -0.4 is 15.4 Å². The average molecular weight is 377 g/mol. The Hall–Kier alpha value is -2.01. The second kappa shape index (κ2) is 8.58. The fourth-order valence-electron chi connectivity index (χ4n) is 2.11.